The van der Waals surface area contributed by atoms with Crippen molar-refractivity contribution in [2.45, 2.75) is 38.3 Å². The molecule has 0 saturated heterocycles. The van der Waals surface area contributed by atoms with Gasteiger partial charge in [-0.1, -0.05) is 28.1 Å². The fraction of sp³-hybridized carbons (Fsp3) is 0.500. The van der Waals surface area contributed by atoms with E-state index >= 15 is 0 Å². The highest BCUT2D eigenvalue weighted by Crippen LogP contribution is 2.32. The van der Waals surface area contributed by atoms with Crippen molar-refractivity contribution in [2.75, 3.05) is 0 Å². The minimum Gasteiger partial charge on any atom is -0.350 e. The predicted octanol–water partition coefficient (Wildman–Crippen LogP) is 2.75. The Kier molecular flexibility index (Phi) is 4.40. The first kappa shape index (κ1) is 13.6. The summed E-state index contributed by atoms with van der Waals surface area (Å²) < 4.78 is 1.04. The Balaban J connectivity index is 1.84. The molecule has 0 radical (unpaired) electrons. The van der Waals surface area contributed by atoms with Crippen LogP contribution in [0, 0.1) is 5.92 Å². The summed E-state index contributed by atoms with van der Waals surface area (Å²) in [5.74, 6) is 0.614. The maximum absolute atomic E-state index is 11.8. The summed E-state index contributed by atoms with van der Waals surface area (Å²) in [4.78, 5) is 11.8. The van der Waals surface area contributed by atoms with Gasteiger partial charge in [-0.25, -0.2) is 0 Å². The molecule has 0 bridgehead atoms. The molecule has 0 spiro atoms. The van der Waals surface area contributed by atoms with Gasteiger partial charge < -0.3 is 11.1 Å². The summed E-state index contributed by atoms with van der Waals surface area (Å²) in [7, 11) is 0. The van der Waals surface area contributed by atoms with Crippen LogP contribution in [0.1, 0.15) is 37.8 Å². The molecule has 1 aliphatic rings. The van der Waals surface area contributed by atoms with Crippen LogP contribution in [0.3, 0.4) is 0 Å². The van der Waals surface area contributed by atoms with E-state index in [1.165, 1.54) is 12.8 Å². The molecule has 1 amide bonds. The number of carbonyl (C=O) groups is 1. The van der Waals surface area contributed by atoms with E-state index in [-0.39, 0.29) is 18.0 Å². The lowest BCUT2D eigenvalue weighted by atomic mass is 10.1. The predicted molar refractivity (Wildman–Crippen MR) is 76.0 cm³/mol. The number of carbonyl (C=O) groups excluding carboxylic acids is 1. The number of nitrogens with two attached hydrogens (primary N) is 1. The largest absolute Gasteiger partial charge is 0.350 e. The first-order chi connectivity index (χ1) is 8.56. The summed E-state index contributed by atoms with van der Waals surface area (Å²) in [6.45, 7) is 1.99. The highest BCUT2D eigenvalue weighted by atomic mass is 79.9. The van der Waals surface area contributed by atoms with Crippen molar-refractivity contribution in [3.05, 3.63) is 34.3 Å². The second-order valence-electron chi connectivity index (χ2n) is 5.05. The highest BCUT2D eigenvalue weighted by molar-refractivity contribution is 9.10. The van der Waals surface area contributed by atoms with Crippen molar-refractivity contribution in [2.24, 2.45) is 11.7 Å². The van der Waals surface area contributed by atoms with Gasteiger partial charge >= 0.3 is 0 Å². The topological polar surface area (TPSA) is 55.1 Å². The molecule has 0 aliphatic heterocycles. The van der Waals surface area contributed by atoms with Gasteiger partial charge in [0.15, 0.2) is 0 Å². The van der Waals surface area contributed by atoms with Gasteiger partial charge in [0.25, 0.3) is 0 Å². The van der Waals surface area contributed by atoms with Crippen LogP contribution in [0.4, 0.5) is 0 Å². The van der Waals surface area contributed by atoms with Gasteiger partial charge in [-0.2, -0.15) is 0 Å². The van der Waals surface area contributed by atoms with Crippen molar-refractivity contribution < 1.29 is 4.79 Å². The van der Waals surface area contributed by atoms with Crippen molar-refractivity contribution in [3.63, 3.8) is 0 Å². The summed E-state index contributed by atoms with van der Waals surface area (Å²) >= 11 is 3.40. The third kappa shape index (κ3) is 3.82. The van der Waals surface area contributed by atoms with E-state index in [1.807, 2.05) is 31.2 Å². The summed E-state index contributed by atoms with van der Waals surface area (Å²) in [6.07, 6.45) is 2.79. The number of rotatable bonds is 5. The van der Waals surface area contributed by atoms with Crippen LogP contribution in [0.25, 0.3) is 0 Å². The molecule has 2 atom stereocenters. The molecule has 18 heavy (non-hydrogen) atoms. The SMILES string of the molecule is CC(NC(=O)CC(N)C1CC1)c1ccc(Br)cc1. The third-order valence-corrected chi connectivity index (χ3v) is 3.92. The molecule has 2 rings (SSSR count). The van der Waals surface area contributed by atoms with E-state index in [0.717, 1.165) is 10.0 Å². The fourth-order valence-electron chi connectivity index (χ4n) is 2.04. The van der Waals surface area contributed by atoms with Crippen LogP contribution in [0.2, 0.25) is 0 Å². The van der Waals surface area contributed by atoms with Crippen LogP contribution in [-0.4, -0.2) is 11.9 Å². The van der Waals surface area contributed by atoms with Gasteiger partial charge in [0.2, 0.25) is 5.91 Å². The minimum atomic E-state index is 0.0250. The van der Waals surface area contributed by atoms with Crippen LogP contribution >= 0.6 is 15.9 Å². The van der Waals surface area contributed by atoms with Gasteiger partial charge in [0.05, 0.1) is 6.04 Å². The lowest BCUT2D eigenvalue weighted by Gasteiger charge is -2.16. The molecule has 0 heterocycles. The van der Waals surface area contributed by atoms with Crippen molar-refractivity contribution in [1.82, 2.24) is 5.32 Å². The zero-order valence-electron chi connectivity index (χ0n) is 10.5. The molecule has 1 aromatic rings. The molecule has 4 heteroatoms. The first-order valence-electron chi connectivity index (χ1n) is 6.36. The van der Waals surface area contributed by atoms with Gasteiger partial charge in [-0.3, -0.25) is 4.79 Å². The molecule has 3 N–H and O–H groups in total. The van der Waals surface area contributed by atoms with E-state index in [0.29, 0.717) is 12.3 Å². The molecule has 3 nitrogen and oxygen atoms in total. The summed E-state index contributed by atoms with van der Waals surface area (Å²) in [5.41, 5.74) is 7.05. The molecule has 0 aromatic heterocycles. The summed E-state index contributed by atoms with van der Waals surface area (Å²) in [6, 6.07) is 8.03. The number of amides is 1. The summed E-state index contributed by atoms with van der Waals surface area (Å²) in [5, 5.41) is 2.99. The van der Waals surface area contributed by atoms with E-state index in [2.05, 4.69) is 21.2 Å². The number of nitrogens with one attached hydrogen (secondary N) is 1. The number of benzene rings is 1. The van der Waals surface area contributed by atoms with E-state index in [9.17, 15) is 4.79 Å². The zero-order chi connectivity index (χ0) is 13.1. The average molecular weight is 311 g/mol. The number of hydrogen-bond acceptors (Lipinski definition) is 2. The first-order valence-corrected chi connectivity index (χ1v) is 7.16. The molecule has 1 aliphatic carbocycles. The molecule has 1 fully saturated rings. The average Bonchev–Trinajstić information content (AvgIpc) is 3.13. The van der Waals surface area contributed by atoms with Crippen LogP contribution < -0.4 is 11.1 Å². The van der Waals surface area contributed by atoms with Gasteiger partial charge in [0, 0.05) is 16.9 Å². The molecular weight excluding hydrogens is 292 g/mol. The maximum atomic E-state index is 11.8. The zero-order valence-corrected chi connectivity index (χ0v) is 12.1. The van der Waals surface area contributed by atoms with Crippen LogP contribution in [-0.2, 0) is 4.79 Å². The second-order valence-corrected chi connectivity index (χ2v) is 5.96. The molecule has 2 unspecified atom stereocenters. The Labute approximate surface area is 116 Å². The quantitative estimate of drug-likeness (QED) is 0.878. The smallest absolute Gasteiger partial charge is 0.222 e. The molecule has 1 saturated carbocycles. The lowest BCUT2D eigenvalue weighted by molar-refractivity contribution is -0.122. The van der Waals surface area contributed by atoms with Gasteiger partial charge in [-0.05, 0) is 43.4 Å². The Morgan fingerprint density at radius 2 is 2.06 bits per heavy atom. The second kappa shape index (κ2) is 5.85. The van der Waals surface area contributed by atoms with Gasteiger partial charge in [-0.15, -0.1) is 0 Å². The lowest BCUT2D eigenvalue weighted by Crippen LogP contribution is -2.34. The third-order valence-electron chi connectivity index (χ3n) is 3.40. The maximum Gasteiger partial charge on any atom is 0.222 e. The Morgan fingerprint density at radius 3 is 2.61 bits per heavy atom. The van der Waals surface area contributed by atoms with Gasteiger partial charge in [0.1, 0.15) is 0 Å². The molecule has 98 valence electrons. The Hall–Kier alpha value is -0.870. The van der Waals surface area contributed by atoms with Crippen molar-refractivity contribution in [1.29, 1.82) is 0 Å². The van der Waals surface area contributed by atoms with Crippen LogP contribution in [0.15, 0.2) is 28.7 Å². The van der Waals surface area contributed by atoms with Crippen molar-refractivity contribution >= 4 is 21.8 Å². The number of halogens is 1. The normalized spacial score (nSPS) is 18.2. The van der Waals surface area contributed by atoms with Crippen LogP contribution in [0.5, 0.6) is 0 Å². The van der Waals surface area contributed by atoms with E-state index < -0.39 is 0 Å². The Bertz CT molecular complexity index is 414. The van der Waals surface area contributed by atoms with Crippen molar-refractivity contribution in [3.8, 4) is 0 Å². The number of hydrogen-bond donors (Lipinski definition) is 2. The standard InChI is InChI=1S/C14H19BrN2O/c1-9(10-4-6-12(15)7-5-10)17-14(18)8-13(16)11-2-3-11/h4-7,9,11,13H,2-3,8,16H2,1H3,(H,17,18). The molecular formula is C14H19BrN2O. The fourth-order valence-corrected chi connectivity index (χ4v) is 2.30. The van der Waals surface area contributed by atoms with E-state index in [4.69, 9.17) is 5.73 Å². The minimum absolute atomic E-state index is 0.0250. The monoisotopic (exact) mass is 310 g/mol. The molecule has 1 aromatic carbocycles. The Morgan fingerprint density at radius 1 is 1.44 bits per heavy atom. The highest BCUT2D eigenvalue weighted by Gasteiger charge is 2.29. The van der Waals surface area contributed by atoms with E-state index in [1.54, 1.807) is 0 Å².